The Morgan fingerprint density at radius 3 is 2.36 bits per heavy atom. The molecule has 0 amide bonds. The van der Waals surface area contributed by atoms with Gasteiger partial charge in [-0.3, -0.25) is 0 Å². The summed E-state index contributed by atoms with van der Waals surface area (Å²) in [6.07, 6.45) is 5.13. The molecule has 22 heavy (non-hydrogen) atoms. The smallest absolute Gasteiger partial charge is 0.243 e. The summed E-state index contributed by atoms with van der Waals surface area (Å²) in [5.41, 5.74) is 1.13. The van der Waals surface area contributed by atoms with Crippen molar-refractivity contribution in [3.8, 4) is 0 Å². The van der Waals surface area contributed by atoms with Crippen LogP contribution in [0.1, 0.15) is 31.2 Å². The molecule has 1 aromatic carbocycles. The molecule has 1 aliphatic carbocycles. The molecule has 0 bridgehead atoms. The van der Waals surface area contributed by atoms with E-state index in [2.05, 4.69) is 5.32 Å². The summed E-state index contributed by atoms with van der Waals surface area (Å²) in [6, 6.07) is 7.88. The van der Waals surface area contributed by atoms with Crippen molar-refractivity contribution in [3.05, 3.63) is 29.8 Å². The fourth-order valence-corrected chi connectivity index (χ4v) is 4.52. The SMILES string of the molecule is O=S(=O)(c1ccc(CNC2CCCC2)cc1)N1CCOCC1. The second kappa shape index (κ2) is 7.08. The maximum atomic E-state index is 12.5. The second-order valence-corrected chi connectivity index (χ2v) is 7.96. The highest BCUT2D eigenvalue weighted by Gasteiger charge is 2.26. The van der Waals surface area contributed by atoms with Gasteiger partial charge in [-0.15, -0.1) is 0 Å². The van der Waals surface area contributed by atoms with Gasteiger partial charge in [0.1, 0.15) is 0 Å². The molecule has 1 N–H and O–H groups in total. The molecule has 2 aliphatic rings. The quantitative estimate of drug-likeness (QED) is 0.896. The molecule has 0 aromatic heterocycles. The van der Waals surface area contributed by atoms with Crippen molar-refractivity contribution in [1.82, 2.24) is 9.62 Å². The summed E-state index contributed by atoms with van der Waals surface area (Å²) in [5.74, 6) is 0. The second-order valence-electron chi connectivity index (χ2n) is 6.02. The van der Waals surface area contributed by atoms with Crippen LogP contribution < -0.4 is 5.32 Å². The maximum Gasteiger partial charge on any atom is 0.243 e. The normalized spacial score (nSPS) is 21.3. The van der Waals surface area contributed by atoms with Crippen molar-refractivity contribution < 1.29 is 13.2 Å². The first kappa shape index (κ1) is 15.9. The Morgan fingerprint density at radius 2 is 1.73 bits per heavy atom. The summed E-state index contributed by atoms with van der Waals surface area (Å²) in [4.78, 5) is 0.374. The summed E-state index contributed by atoms with van der Waals surface area (Å²) in [5, 5.41) is 3.54. The van der Waals surface area contributed by atoms with E-state index in [1.807, 2.05) is 12.1 Å². The summed E-state index contributed by atoms with van der Waals surface area (Å²) < 4.78 is 31.8. The molecule has 1 saturated carbocycles. The minimum absolute atomic E-state index is 0.374. The third-order valence-corrected chi connectivity index (χ3v) is 6.39. The Morgan fingerprint density at radius 1 is 1.09 bits per heavy atom. The van der Waals surface area contributed by atoms with E-state index in [0.717, 1.165) is 12.1 Å². The predicted octanol–water partition coefficient (Wildman–Crippen LogP) is 1.74. The predicted molar refractivity (Wildman–Crippen MR) is 85.1 cm³/mol. The molecule has 0 unspecified atom stereocenters. The number of ether oxygens (including phenoxy) is 1. The van der Waals surface area contributed by atoms with Crippen molar-refractivity contribution in [1.29, 1.82) is 0 Å². The largest absolute Gasteiger partial charge is 0.379 e. The lowest BCUT2D eigenvalue weighted by Crippen LogP contribution is -2.40. The fraction of sp³-hybridized carbons (Fsp3) is 0.625. The van der Waals surface area contributed by atoms with Crippen LogP contribution in [0.3, 0.4) is 0 Å². The van der Waals surface area contributed by atoms with E-state index in [1.54, 1.807) is 12.1 Å². The molecule has 3 rings (SSSR count). The van der Waals surface area contributed by atoms with Crippen LogP contribution in [-0.2, 0) is 21.3 Å². The number of benzene rings is 1. The average molecular weight is 324 g/mol. The van der Waals surface area contributed by atoms with Gasteiger partial charge in [-0.1, -0.05) is 25.0 Å². The number of hydrogen-bond acceptors (Lipinski definition) is 4. The first-order valence-corrected chi connectivity index (χ1v) is 9.50. The van der Waals surface area contributed by atoms with Crippen LogP contribution in [0.5, 0.6) is 0 Å². The number of sulfonamides is 1. The fourth-order valence-electron chi connectivity index (χ4n) is 3.11. The van der Waals surface area contributed by atoms with E-state index in [9.17, 15) is 8.42 Å². The molecule has 1 heterocycles. The van der Waals surface area contributed by atoms with Crippen molar-refractivity contribution in [2.45, 2.75) is 43.2 Å². The molecule has 1 aliphatic heterocycles. The van der Waals surface area contributed by atoms with Gasteiger partial charge in [-0.2, -0.15) is 4.31 Å². The van der Waals surface area contributed by atoms with Crippen LogP contribution in [0.25, 0.3) is 0 Å². The lowest BCUT2D eigenvalue weighted by Gasteiger charge is -2.26. The van der Waals surface area contributed by atoms with Crippen LogP contribution in [0.2, 0.25) is 0 Å². The third-order valence-electron chi connectivity index (χ3n) is 4.48. The number of nitrogens with zero attached hydrogens (tertiary/aromatic N) is 1. The zero-order valence-electron chi connectivity index (χ0n) is 12.8. The molecule has 5 nitrogen and oxygen atoms in total. The Labute approximate surface area is 132 Å². The van der Waals surface area contributed by atoms with Crippen molar-refractivity contribution in [3.63, 3.8) is 0 Å². The molecule has 1 saturated heterocycles. The van der Waals surface area contributed by atoms with Crippen LogP contribution >= 0.6 is 0 Å². The van der Waals surface area contributed by atoms with Crippen molar-refractivity contribution >= 4 is 10.0 Å². The highest BCUT2D eigenvalue weighted by molar-refractivity contribution is 7.89. The average Bonchev–Trinajstić information content (AvgIpc) is 3.08. The minimum Gasteiger partial charge on any atom is -0.379 e. The maximum absolute atomic E-state index is 12.5. The zero-order valence-corrected chi connectivity index (χ0v) is 13.6. The highest BCUT2D eigenvalue weighted by atomic mass is 32.2. The van der Waals surface area contributed by atoms with E-state index < -0.39 is 10.0 Å². The minimum atomic E-state index is -3.38. The van der Waals surface area contributed by atoms with Crippen LogP contribution in [0.15, 0.2) is 29.2 Å². The van der Waals surface area contributed by atoms with Gasteiger partial charge in [0.25, 0.3) is 0 Å². The number of nitrogens with one attached hydrogen (secondary N) is 1. The first-order valence-electron chi connectivity index (χ1n) is 8.06. The Hall–Kier alpha value is -0.950. The van der Waals surface area contributed by atoms with Gasteiger partial charge in [0.05, 0.1) is 18.1 Å². The van der Waals surface area contributed by atoms with Crippen molar-refractivity contribution in [2.75, 3.05) is 26.3 Å². The molecule has 6 heteroatoms. The van der Waals surface area contributed by atoms with E-state index in [4.69, 9.17) is 4.74 Å². The van der Waals surface area contributed by atoms with Crippen molar-refractivity contribution in [2.24, 2.45) is 0 Å². The van der Waals surface area contributed by atoms with Gasteiger partial charge in [0.15, 0.2) is 0 Å². The Kier molecular flexibility index (Phi) is 5.13. The van der Waals surface area contributed by atoms with Gasteiger partial charge in [0.2, 0.25) is 10.0 Å². The topological polar surface area (TPSA) is 58.6 Å². The standard InChI is InChI=1S/C16H24N2O3S/c19-22(20,18-9-11-21-12-10-18)16-7-5-14(6-8-16)13-17-15-3-1-2-4-15/h5-8,15,17H,1-4,9-13H2. The third kappa shape index (κ3) is 3.68. The monoisotopic (exact) mass is 324 g/mol. The van der Waals surface area contributed by atoms with Gasteiger partial charge in [-0.05, 0) is 30.5 Å². The molecule has 0 spiro atoms. The summed E-state index contributed by atoms with van der Waals surface area (Å²) in [7, 11) is -3.38. The Balaban J connectivity index is 1.62. The van der Waals surface area contributed by atoms with Crippen LogP contribution in [-0.4, -0.2) is 45.1 Å². The molecule has 0 radical (unpaired) electrons. The molecular weight excluding hydrogens is 300 g/mol. The van der Waals surface area contributed by atoms with Gasteiger partial charge >= 0.3 is 0 Å². The molecular formula is C16H24N2O3S. The number of rotatable bonds is 5. The van der Waals surface area contributed by atoms with E-state index in [0.29, 0.717) is 37.2 Å². The molecule has 0 atom stereocenters. The summed E-state index contributed by atoms with van der Waals surface area (Å²) >= 11 is 0. The number of hydrogen-bond donors (Lipinski definition) is 1. The van der Waals surface area contributed by atoms with Gasteiger partial charge in [-0.25, -0.2) is 8.42 Å². The number of morpholine rings is 1. The van der Waals surface area contributed by atoms with E-state index in [1.165, 1.54) is 30.0 Å². The van der Waals surface area contributed by atoms with Gasteiger partial charge in [0, 0.05) is 25.7 Å². The van der Waals surface area contributed by atoms with Gasteiger partial charge < -0.3 is 10.1 Å². The molecule has 1 aromatic rings. The lowest BCUT2D eigenvalue weighted by atomic mass is 10.2. The van der Waals surface area contributed by atoms with Crippen LogP contribution in [0, 0.1) is 0 Å². The van der Waals surface area contributed by atoms with E-state index >= 15 is 0 Å². The molecule has 122 valence electrons. The Bertz CT molecular complexity index is 574. The van der Waals surface area contributed by atoms with Crippen LogP contribution in [0.4, 0.5) is 0 Å². The lowest BCUT2D eigenvalue weighted by molar-refractivity contribution is 0.0730. The highest BCUT2D eigenvalue weighted by Crippen LogP contribution is 2.20. The molecule has 2 fully saturated rings. The first-order chi connectivity index (χ1) is 10.7. The van der Waals surface area contributed by atoms with E-state index in [-0.39, 0.29) is 0 Å². The summed E-state index contributed by atoms with van der Waals surface area (Å²) in [6.45, 7) is 2.63. The zero-order chi connectivity index (χ0) is 15.4.